The third kappa shape index (κ3) is 9.91. The van der Waals surface area contributed by atoms with Crippen molar-refractivity contribution in [3.8, 4) is 67.5 Å². The molecule has 0 aliphatic rings. The lowest BCUT2D eigenvalue weighted by Gasteiger charge is -2.28. The molecular formula is C63H71N3O. The molecule has 2 aromatic heterocycles. The van der Waals surface area contributed by atoms with E-state index >= 15 is 0 Å². The summed E-state index contributed by atoms with van der Waals surface area (Å²) in [6, 6.07) is 27.0. The van der Waals surface area contributed by atoms with Gasteiger partial charge in [0.15, 0.2) is 0 Å². The van der Waals surface area contributed by atoms with Crippen molar-refractivity contribution in [2.75, 3.05) is 0 Å². The van der Waals surface area contributed by atoms with Crippen LogP contribution in [0.5, 0.6) is 5.75 Å². The molecule has 1 N–H and O–H groups in total. The zero-order valence-corrected chi connectivity index (χ0v) is 42.0. The van der Waals surface area contributed by atoms with E-state index < -0.39 is 40.7 Å². The maximum Gasteiger partial charge on any atom is 0.149 e. The van der Waals surface area contributed by atoms with Crippen LogP contribution in [0, 0.1) is 5.41 Å². The van der Waals surface area contributed by atoms with E-state index in [-0.39, 0.29) is 46.3 Å². The van der Waals surface area contributed by atoms with Crippen LogP contribution in [0.15, 0.2) is 139 Å². The van der Waals surface area contributed by atoms with Gasteiger partial charge < -0.3 is 5.11 Å². The highest BCUT2D eigenvalue weighted by Crippen LogP contribution is 2.46. The summed E-state index contributed by atoms with van der Waals surface area (Å²) in [6.45, 7) is 30.7. The third-order valence-corrected chi connectivity index (χ3v) is 12.3. The monoisotopic (exact) mass is 895 g/mol. The van der Waals surface area contributed by atoms with Crippen molar-refractivity contribution in [3.05, 3.63) is 167 Å². The summed E-state index contributed by atoms with van der Waals surface area (Å²) in [5.41, 5.74) is 7.85. The van der Waals surface area contributed by atoms with Gasteiger partial charge in [-0.2, -0.15) is 0 Å². The Balaban J connectivity index is 1.47. The van der Waals surface area contributed by atoms with E-state index in [1.165, 1.54) is 6.20 Å². The Hall–Kier alpha value is -6.26. The molecule has 8 rings (SSSR count). The number of benzene rings is 6. The van der Waals surface area contributed by atoms with Gasteiger partial charge in [-0.1, -0.05) is 189 Å². The highest BCUT2D eigenvalue weighted by molar-refractivity contribution is 5.98. The molecule has 0 unspecified atom stereocenters. The second-order valence-corrected chi connectivity index (χ2v) is 23.1. The van der Waals surface area contributed by atoms with Crippen molar-refractivity contribution in [3.63, 3.8) is 0 Å². The molecule has 8 aromatic rings. The number of aromatic nitrogens is 3. The van der Waals surface area contributed by atoms with Crippen LogP contribution in [0.4, 0.5) is 0 Å². The molecule has 0 saturated carbocycles. The van der Waals surface area contributed by atoms with Gasteiger partial charge in [0, 0.05) is 31.2 Å². The highest BCUT2D eigenvalue weighted by Gasteiger charge is 2.30. The third-order valence-electron chi connectivity index (χ3n) is 12.3. The number of hydrogen-bond donors (Lipinski definition) is 1. The van der Waals surface area contributed by atoms with E-state index in [0.717, 1.165) is 33.4 Å². The first-order valence-electron chi connectivity index (χ1n) is 27.8. The highest BCUT2D eigenvalue weighted by atomic mass is 16.3. The molecule has 0 aliphatic heterocycles. The number of pyridine rings is 1. The van der Waals surface area contributed by atoms with Gasteiger partial charge in [-0.15, -0.1) is 0 Å². The van der Waals surface area contributed by atoms with E-state index in [1.54, 1.807) is 24.3 Å². The molecule has 0 atom stereocenters. The number of hydrogen-bond acceptors (Lipinski definition) is 3. The molecular weight excluding hydrogens is 815 g/mol. The summed E-state index contributed by atoms with van der Waals surface area (Å²) in [7, 11) is 0. The molecule has 67 heavy (non-hydrogen) atoms. The summed E-state index contributed by atoms with van der Waals surface area (Å²) < 4.78 is 83.1. The minimum absolute atomic E-state index is 0.0418. The molecule has 0 spiro atoms. The lowest BCUT2D eigenvalue weighted by atomic mass is 9.79. The average molecular weight is 895 g/mol. The Bertz CT molecular complexity index is 3590. The van der Waals surface area contributed by atoms with Gasteiger partial charge in [-0.3, -0.25) is 9.55 Å². The summed E-state index contributed by atoms with van der Waals surface area (Å²) >= 11 is 0. The van der Waals surface area contributed by atoms with Gasteiger partial charge in [-0.05, 0) is 126 Å². The number of aromatic hydroxyl groups is 1. The largest absolute Gasteiger partial charge is 0.507 e. The number of phenolic OH excluding ortho intramolecular Hbond substituents is 1. The van der Waals surface area contributed by atoms with E-state index in [9.17, 15) is 9.22 Å². The first-order valence-corrected chi connectivity index (χ1v) is 23.3. The Labute approximate surface area is 413 Å². The number of phenols is 1. The van der Waals surface area contributed by atoms with Crippen LogP contribution in [-0.2, 0) is 28.0 Å². The fourth-order valence-electron chi connectivity index (χ4n) is 8.51. The van der Waals surface area contributed by atoms with Crippen molar-refractivity contribution in [1.29, 1.82) is 0 Å². The summed E-state index contributed by atoms with van der Waals surface area (Å²) in [4.78, 5) is 10.3. The smallest absolute Gasteiger partial charge is 0.149 e. The number of rotatable bonds is 7. The predicted molar refractivity (Wildman–Crippen MR) is 286 cm³/mol. The van der Waals surface area contributed by atoms with Crippen LogP contribution in [0.25, 0.3) is 72.7 Å². The minimum Gasteiger partial charge on any atom is -0.507 e. The topological polar surface area (TPSA) is 50.9 Å². The summed E-state index contributed by atoms with van der Waals surface area (Å²) in [5, 5.41) is 12.7. The van der Waals surface area contributed by atoms with Gasteiger partial charge in [0.1, 0.15) is 11.6 Å². The Morgan fingerprint density at radius 1 is 0.552 bits per heavy atom. The van der Waals surface area contributed by atoms with Crippen molar-refractivity contribution < 1.29 is 17.4 Å². The number of para-hydroxylation sites is 1. The molecule has 4 heteroatoms. The van der Waals surface area contributed by atoms with Crippen LogP contribution in [0.3, 0.4) is 0 Å². The molecule has 0 aliphatic carbocycles. The molecule has 0 amide bonds. The number of nitrogens with zero attached hydrogens (tertiary/aromatic N) is 3. The molecule has 0 fully saturated rings. The Morgan fingerprint density at radius 3 is 1.81 bits per heavy atom. The van der Waals surface area contributed by atoms with E-state index in [2.05, 4.69) is 95.2 Å². The van der Waals surface area contributed by atoms with E-state index in [4.69, 9.17) is 18.2 Å². The number of imidazole rings is 1. The standard InChI is InChI=1S/C63H71N3O/c1-59(2,3)39-40-24-26-41(27-25-40)43-30-31-64-53(35-43)45-32-44(33-47(34-45)61(7,8)9)49-22-19-23-55-56(49)65-58(51-37-48(62(10,11)12)38-52(57(51)67)63(13,14)15)66(55)54-29-28-46(60(4,5)6)36-50(54)42-20-17-16-18-21-42/h16-38,67H,39H2,1-15H3/i16D,17D,18D,20D,21D,30D,35D,39D2. The molecule has 2 heterocycles. The fraction of sp³-hybridized carbons (Fsp3) is 0.333. The van der Waals surface area contributed by atoms with Crippen LogP contribution in [-0.4, -0.2) is 19.6 Å². The molecule has 4 nitrogen and oxygen atoms in total. The normalized spacial score (nSPS) is 14.9. The minimum atomic E-state index is -1.62. The molecule has 0 saturated heterocycles. The maximum absolute atomic E-state index is 12.7. The molecule has 6 aromatic carbocycles. The van der Waals surface area contributed by atoms with Gasteiger partial charge >= 0.3 is 0 Å². The van der Waals surface area contributed by atoms with E-state index in [0.29, 0.717) is 61.6 Å². The first kappa shape index (κ1) is 36.8. The summed E-state index contributed by atoms with van der Waals surface area (Å²) in [6.07, 6.45) is -0.160. The van der Waals surface area contributed by atoms with Gasteiger partial charge in [0.2, 0.25) is 0 Å². The zero-order valence-electron chi connectivity index (χ0n) is 51.0. The second-order valence-electron chi connectivity index (χ2n) is 23.1. The van der Waals surface area contributed by atoms with Crippen LogP contribution >= 0.6 is 0 Å². The van der Waals surface area contributed by atoms with Gasteiger partial charge in [0.05, 0.1) is 37.6 Å². The first-order chi connectivity index (χ1) is 34.9. The molecule has 0 bridgehead atoms. The fourth-order valence-corrected chi connectivity index (χ4v) is 8.51. The van der Waals surface area contributed by atoms with Crippen molar-refractivity contribution >= 4 is 11.0 Å². The predicted octanol–water partition coefficient (Wildman–Crippen LogP) is 17.2. The Kier molecular flexibility index (Phi) is 9.40. The lowest BCUT2D eigenvalue weighted by molar-refractivity contribution is 0.411. The zero-order chi connectivity index (χ0) is 56.3. The lowest BCUT2D eigenvalue weighted by Crippen LogP contribution is -2.17. The average Bonchev–Trinajstić information content (AvgIpc) is 3.70. The van der Waals surface area contributed by atoms with Crippen molar-refractivity contribution in [2.45, 2.75) is 132 Å². The van der Waals surface area contributed by atoms with Crippen LogP contribution in [0.1, 0.15) is 144 Å². The van der Waals surface area contributed by atoms with Gasteiger partial charge in [0.25, 0.3) is 0 Å². The van der Waals surface area contributed by atoms with Crippen molar-refractivity contribution in [2.24, 2.45) is 5.41 Å². The maximum atomic E-state index is 12.7. The molecule has 344 valence electrons. The molecule has 0 radical (unpaired) electrons. The van der Waals surface area contributed by atoms with E-state index in [1.807, 2.05) is 79.9 Å². The SMILES string of the molecule is [2H]c1cnc(-c2cc(-c3cccc4c3nc(-c3cc(C(C)(C)C)cc(C(C)(C)C)c3O)n4-c3ccc(C(C)(C)C)cc3-c3c([2H])c([2H])c([2H])c([2H])c3[2H])cc(C(C)(C)C)c2)c([2H])c1-c1ccc(C([2H])([2H])C(C)(C)C)cc1. The Morgan fingerprint density at radius 2 is 1.18 bits per heavy atom. The summed E-state index contributed by atoms with van der Waals surface area (Å²) in [5.74, 6) is 0.435. The number of fused-ring (bicyclic) bond motifs is 1. The van der Waals surface area contributed by atoms with Crippen molar-refractivity contribution in [1.82, 2.24) is 14.5 Å². The quantitative estimate of drug-likeness (QED) is 0.173. The van der Waals surface area contributed by atoms with Gasteiger partial charge in [-0.25, -0.2) is 4.98 Å². The van der Waals surface area contributed by atoms with Crippen LogP contribution in [0.2, 0.25) is 0 Å². The van der Waals surface area contributed by atoms with Crippen LogP contribution < -0.4 is 0 Å². The second kappa shape index (κ2) is 17.1.